The molecule has 0 saturated heterocycles. The van der Waals surface area contributed by atoms with Crippen molar-refractivity contribution in [1.29, 1.82) is 0 Å². The van der Waals surface area contributed by atoms with Gasteiger partial charge >= 0.3 is 0 Å². The van der Waals surface area contributed by atoms with Gasteiger partial charge < -0.3 is 20.9 Å². The average molecular weight is 444 g/mol. The Hall–Kier alpha value is -3.91. The molecule has 1 saturated carbocycles. The second-order valence-electron chi connectivity index (χ2n) is 8.76. The van der Waals surface area contributed by atoms with Gasteiger partial charge in [0, 0.05) is 30.8 Å². The topological polar surface area (TPSA) is 115 Å². The van der Waals surface area contributed by atoms with Crippen molar-refractivity contribution in [2.75, 3.05) is 11.1 Å². The number of nitrogens with zero attached hydrogens (tertiary/aromatic N) is 3. The lowest BCUT2D eigenvalue weighted by atomic mass is 9.72. The molecule has 33 heavy (non-hydrogen) atoms. The maximum absolute atomic E-state index is 11.9. The van der Waals surface area contributed by atoms with Gasteiger partial charge in [-0.3, -0.25) is 9.20 Å². The number of fused-ring (bicyclic) bond motifs is 1. The number of carbonyl (C=O) groups excluding carboxylic acids is 1. The summed E-state index contributed by atoms with van der Waals surface area (Å²) in [6.07, 6.45) is 4.75. The van der Waals surface area contributed by atoms with Gasteiger partial charge in [-0.25, -0.2) is 9.97 Å². The van der Waals surface area contributed by atoms with Crippen LogP contribution in [0.25, 0.3) is 16.8 Å². The fraction of sp³-hybridized carbons (Fsp3) is 0.240. The fourth-order valence-corrected chi connectivity index (χ4v) is 4.43. The minimum Gasteiger partial charge on any atom is -0.455 e. The first-order chi connectivity index (χ1) is 15.8. The van der Waals surface area contributed by atoms with Crippen LogP contribution in [0.3, 0.4) is 0 Å². The van der Waals surface area contributed by atoms with Gasteiger partial charge in [0.1, 0.15) is 28.6 Å². The van der Waals surface area contributed by atoms with E-state index < -0.39 is 5.60 Å². The number of nitrogens with one attached hydrogen (secondary N) is 1. The van der Waals surface area contributed by atoms with Crippen molar-refractivity contribution in [3.63, 3.8) is 0 Å². The predicted molar refractivity (Wildman–Crippen MR) is 126 cm³/mol. The predicted octanol–water partition coefficient (Wildman–Crippen LogP) is 4.36. The highest BCUT2D eigenvalue weighted by Gasteiger charge is 2.41. The van der Waals surface area contributed by atoms with E-state index in [9.17, 15) is 9.90 Å². The summed E-state index contributed by atoms with van der Waals surface area (Å²) in [5.74, 6) is 2.30. The van der Waals surface area contributed by atoms with Gasteiger partial charge in [-0.15, -0.1) is 0 Å². The molecule has 0 radical (unpaired) electrons. The first-order valence-electron chi connectivity index (χ1n) is 10.8. The molecule has 1 aliphatic carbocycles. The Morgan fingerprint density at radius 3 is 2.70 bits per heavy atom. The Balaban J connectivity index is 1.60. The Labute approximate surface area is 191 Å². The molecule has 1 aliphatic rings. The van der Waals surface area contributed by atoms with Gasteiger partial charge in [0.25, 0.3) is 0 Å². The third kappa shape index (κ3) is 4.01. The molecule has 8 heteroatoms. The maximum atomic E-state index is 11.9. The third-order valence-electron chi connectivity index (χ3n) is 5.88. The van der Waals surface area contributed by atoms with Gasteiger partial charge in [0.2, 0.25) is 5.91 Å². The number of hydrogen-bond donors (Lipinski definition) is 3. The molecule has 0 atom stereocenters. The Morgan fingerprint density at radius 1 is 1.24 bits per heavy atom. The van der Waals surface area contributed by atoms with Crippen molar-refractivity contribution < 1.29 is 14.6 Å². The quantitative estimate of drug-likeness (QED) is 0.422. The van der Waals surface area contributed by atoms with Crippen molar-refractivity contribution in [2.24, 2.45) is 0 Å². The average Bonchev–Trinajstić information content (AvgIpc) is 3.14. The summed E-state index contributed by atoms with van der Waals surface area (Å²) in [6.45, 7) is 3.29. The highest BCUT2D eigenvalue weighted by Crippen LogP contribution is 2.45. The van der Waals surface area contributed by atoms with Crippen molar-refractivity contribution in [2.45, 2.75) is 38.2 Å². The largest absolute Gasteiger partial charge is 0.455 e. The molecule has 0 unspecified atom stereocenters. The number of aromatic nitrogens is 3. The van der Waals surface area contributed by atoms with Crippen molar-refractivity contribution in [3.05, 3.63) is 66.7 Å². The van der Waals surface area contributed by atoms with E-state index in [0.717, 1.165) is 11.4 Å². The van der Waals surface area contributed by atoms with Crippen LogP contribution in [0.2, 0.25) is 0 Å². The van der Waals surface area contributed by atoms with Gasteiger partial charge in [-0.05, 0) is 50.1 Å². The summed E-state index contributed by atoms with van der Waals surface area (Å²) in [4.78, 5) is 21.1. The van der Waals surface area contributed by atoms with Crippen LogP contribution in [-0.2, 0) is 4.79 Å². The summed E-state index contributed by atoms with van der Waals surface area (Å²) in [5.41, 5.74) is 8.24. The minimum atomic E-state index is -0.676. The number of hydrogen-bond acceptors (Lipinski definition) is 6. The number of aliphatic hydroxyl groups is 1. The molecule has 2 aromatic carbocycles. The van der Waals surface area contributed by atoms with Crippen LogP contribution in [0, 0.1) is 0 Å². The van der Waals surface area contributed by atoms with Crippen LogP contribution >= 0.6 is 0 Å². The van der Waals surface area contributed by atoms with Crippen LogP contribution in [0.4, 0.5) is 11.5 Å². The van der Waals surface area contributed by atoms with E-state index in [0.29, 0.717) is 47.1 Å². The summed E-state index contributed by atoms with van der Waals surface area (Å²) in [7, 11) is 0. The van der Waals surface area contributed by atoms with Crippen molar-refractivity contribution in [3.8, 4) is 22.8 Å². The molecule has 5 rings (SSSR count). The zero-order valence-corrected chi connectivity index (χ0v) is 18.4. The lowest BCUT2D eigenvalue weighted by Gasteiger charge is -2.40. The van der Waals surface area contributed by atoms with E-state index >= 15 is 0 Å². The van der Waals surface area contributed by atoms with Crippen LogP contribution in [0.15, 0.2) is 60.9 Å². The highest BCUT2D eigenvalue weighted by molar-refractivity contribution is 5.93. The molecule has 0 bridgehead atoms. The first-order valence-corrected chi connectivity index (χ1v) is 10.8. The third-order valence-corrected chi connectivity index (χ3v) is 5.88. The number of amides is 1. The summed E-state index contributed by atoms with van der Waals surface area (Å²) in [5, 5.41) is 13.1. The molecule has 2 aromatic heterocycles. The zero-order chi connectivity index (χ0) is 23.2. The summed E-state index contributed by atoms with van der Waals surface area (Å²) >= 11 is 0. The molecule has 2 heterocycles. The number of anilines is 2. The van der Waals surface area contributed by atoms with E-state index in [4.69, 9.17) is 15.5 Å². The van der Waals surface area contributed by atoms with E-state index in [1.54, 1.807) is 12.3 Å². The Bertz CT molecular complexity index is 1340. The van der Waals surface area contributed by atoms with Crippen molar-refractivity contribution in [1.82, 2.24) is 14.4 Å². The second-order valence-corrected chi connectivity index (χ2v) is 8.76. The molecule has 168 valence electrons. The van der Waals surface area contributed by atoms with Gasteiger partial charge in [0.05, 0.1) is 11.3 Å². The number of carbonyl (C=O) groups is 1. The van der Waals surface area contributed by atoms with Crippen LogP contribution in [-0.4, -0.2) is 31.0 Å². The number of benzene rings is 2. The van der Waals surface area contributed by atoms with E-state index in [-0.39, 0.29) is 11.8 Å². The first kappa shape index (κ1) is 21.0. The van der Waals surface area contributed by atoms with Gasteiger partial charge in [0.15, 0.2) is 5.75 Å². The number of para-hydroxylation sites is 1. The molecule has 1 amide bonds. The SMILES string of the molecule is CC(=O)Nc1cc(-c2nc(C3CC(C)(O)C3)n3ccnc(N)c23)ccc1Oc1ccccc1. The standard InChI is InChI=1S/C25H25N5O3/c1-15(31)28-19-12-16(8-9-20(19)33-18-6-4-3-5-7-18)21-22-23(26)27-10-11-30(22)24(29-21)17-13-25(2,32)14-17/h3-12,17,32H,13-14H2,1-2H3,(H2,26,27)(H,28,31). The van der Waals surface area contributed by atoms with Crippen LogP contribution in [0.5, 0.6) is 11.5 Å². The van der Waals surface area contributed by atoms with E-state index in [2.05, 4.69) is 10.3 Å². The second kappa shape index (κ2) is 7.90. The molecule has 1 fully saturated rings. The molecular weight excluding hydrogens is 418 g/mol. The molecule has 0 spiro atoms. The smallest absolute Gasteiger partial charge is 0.221 e. The molecule has 8 nitrogen and oxygen atoms in total. The lowest BCUT2D eigenvalue weighted by Crippen LogP contribution is -2.40. The number of ether oxygens (including phenoxy) is 1. The summed E-state index contributed by atoms with van der Waals surface area (Å²) < 4.78 is 7.95. The maximum Gasteiger partial charge on any atom is 0.221 e. The summed E-state index contributed by atoms with van der Waals surface area (Å²) in [6, 6.07) is 14.9. The Morgan fingerprint density at radius 2 is 2.00 bits per heavy atom. The minimum absolute atomic E-state index is 0.124. The van der Waals surface area contributed by atoms with Gasteiger partial charge in [-0.1, -0.05) is 18.2 Å². The van der Waals surface area contributed by atoms with Crippen molar-refractivity contribution >= 4 is 22.9 Å². The lowest BCUT2D eigenvalue weighted by molar-refractivity contribution is -0.114. The molecule has 4 aromatic rings. The fourth-order valence-electron chi connectivity index (χ4n) is 4.43. The van der Waals surface area contributed by atoms with Gasteiger partial charge in [-0.2, -0.15) is 0 Å². The molecule has 0 aliphatic heterocycles. The Kier molecular flexibility index (Phi) is 5.02. The van der Waals surface area contributed by atoms with Crippen LogP contribution in [0.1, 0.15) is 38.4 Å². The zero-order valence-electron chi connectivity index (χ0n) is 18.4. The van der Waals surface area contributed by atoms with Crippen LogP contribution < -0.4 is 15.8 Å². The van der Waals surface area contributed by atoms with E-state index in [1.165, 1.54) is 6.92 Å². The molecule has 4 N–H and O–H groups in total. The molecular formula is C25H25N5O3. The normalized spacial score (nSPS) is 19.8. The highest BCUT2D eigenvalue weighted by atomic mass is 16.5. The van der Waals surface area contributed by atoms with E-state index in [1.807, 2.05) is 60.0 Å². The number of rotatable bonds is 5. The monoisotopic (exact) mass is 443 g/mol. The number of imidazole rings is 1. The number of nitrogen functional groups attached to an aromatic ring is 1. The number of nitrogens with two attached hydrogens (primary N) is 1.